The molecule has 0 aliphatic carbocycles. The number of nitrogens with zero attached hydrogens (tertiary/aromatic N) is 4. The van der Waals surface area contributed by atoms with E-state index >= 15 is 0 Å². The van der Waals surface area contributed by atoms with Crippen LogP contribution in [0.1, 0.15) is 29.9 Å². The van der Waals surface area contributed by atoms with Crippen molar-refractivity contribution in [1.29, 1.82) is 0 Å². The first-order valence-corrected chi connectivity index (χ1v) is 9.15. The van der Waals surface area contributed by atoms with Crippen LogP contribution in [0, 0.1) is 0 Å². The first-order valence-electron chi connectivity index (χ1n) is 8.27. The van der Waals surface area contributed by atoms with Crippen LogP contribution in [0.15, 0.2) is 22.5 Å². The summed E-state index contributed by atoms with van der Waals surface area (Å²) in [6.07, 6.45) is 1.94. The molecule has 138 valence electrons. The largest absolute Gasteiger partial charge is 0.377 e. The van der Waals surface area contributed by atoms with Crippen molar-refractivity contribution in [2.45, 2.75) is 45.5 Å². The van der Waals surface area contributed by atoms with Gasteiger partial charge in [0.1, 0.15) is 12.4 Å². The summed E-state index contributed by atoms with van der Waals surface area (Å²) < 4.78 is 7.10. The molecule has 7 nitrogen and oxygen atoms in total. The van der Waals surface area contributed by atoms with Crippen molar-refractivity contribution < 1.29 is 4.74 Å². The number of nitrogens with one attached hydrogen (secondary N) is 2. The zero-order valence-corrected chi connectivity index (χ0v) is 17.7. The molecule has 1 aliphatic heterocycles. The molecule has 0 saturated heterocycles. The lowest BCUT2D eigenvalue weighted by Crippen LogP contribution is -2.47. The number of aromatic nitrogens is 3. The summed E-state index contributed by atoms with van der Waals surface area (Å²) >= 11 is 1.73. The predicted octanol–water partition coefficient (Wildman–Crippen LogP) is 2.17. The Kier molecular flexibility index (Phi) is 8.10. The van der Waals surface area contributed by atoms with Crippen LogP contribution in [0.2, 0.25) is 0 Å². The second-order valence-corrected chi connectivity index (χ2v) is 6.75. The van der Waals surface area contributed by atoms with E-state index in [-0.39, 0.29) is 24.0 Å². The van der Waals surface area contributed by atoms with Crippen LogP contribution < -0.4 is 10.6 Å². The Bertz CT molecular complexity index is 672. The van der Waals surface area contributed by atoms with Crippen molar-refractivity contribution in [3.63, 3.8) is 0 Å². The molecule has 1 aliphatic rings. The highest BCUT2D eigenvalue weighted by atomic mass is 127. The standard InChI is InChI=1S/C16H24N6OS.HI/c1-3-17-16(18-9-13-5-4-8-24-13)19-12-6-7-15-20-14(11-23-2)21-22(15)10-12;/h4-5,8,12H,3,6-7,9-11H2,1-2H3,(H2,17,18,19);1H. The van der Waals surface area contributed by atoms with E-state index in [1.165, 1.54) is 4.88 Å². The molecule has 1 atom stereocenters. The van der Waals surface area contributed by atoms with E-state index in [4.69, 9.17) is 4.74 Å². The Hall–Kier alpha value is -1.20. The third kappa shape index (κ3) is 5.65. The van der Waals surface area contributed by atoms with Crippen molar-refractivity contribution in [2.75, 3.05) is 13.7 Å². The Morgan fingerprint density at radius 3 is 3.12 bits per heavy atom. The minimum absolute atomic E-state index is 0. The minimum atomic E-state index is 0. The molecule has 1 unspecified atom stereocenters. The number of ether oxygens (including phenoxy) is 1. The molecule has 0 bridgehead atoms. The SMILES string of the molecule is CCNC(=NCc1cccs1)NC1CCc2nc(COC)nn2C1.I. The number of hydrogen-bond donors (Lipinski definition) is 2. The van der Waals surface area contributed by atoms with Crippen LogP contribution in [-0.4, -0.2) is 40.4 Å². The van der Waals surface area contributed by atoms with Crippen LogP contribution in [-0.2, 0) is 30.9 Å². The van der Waals surface area contributed by atoms with Crippen LogP contribution in [0.5, 0.6) is 0 Å². The van der Waals surface area contributed by atoms with E-state index in [2.05, 4.69) is 50.1 Å². The normalized spacial score (nSPS) is 16.9. The van der Waals surface area contributed by atoms with Gasteiger partial charge < -0.3 is 15.4 Å². The molecule has 2 aromatic heterocycles. The van der Waals surface area contributed by atoms with Gasteiger partial charge in [0.05, 0.1) is 13.1 Å². The number of thiophene rings is 1. The molecule has 0 amide bonds. The fraction of sp³-hybridized carbons (Fsp3) is 0.562. The smallest absolute Gasteiger partial charge is 0.191 e. The lowest BCUT2D eigenvalue weighted by atomic mass is 10.1. The van der Waals surface area contributed by atoms with Gasteiger partial charge in [0.25, 0.3) is 0 Å². The molecule has 25 heavy (non-hydrogen) atoms. The Morgan fingerprint density at radius 1 is 1.52 bits per heavy atom. The van der Waals surface area contributed by atoms with Crippen molar-refractivity contribution in [3.8, 4) is 0 Å². The summed E-state index contributed by atoms with van der Waals surface area (Å²) in [5, 5.41) is 13.4. The van der Waals surface area contributed by atoms with E-state index in [1.807, 2.05) is 4.68 Å². The maximum atomic E-state index is 5.11. The molecule has 2 aromatic rings. The molecule has 0 spiro atoms. The zero-order valence-electron chi connectivity index (χ0n) is 14.6. The van der Waals surface area contributed by atoms with Gasteiger partial charge in [-0.1, -0.05) is 6.07 Å². The summed E-state index contributed by atoms with van der Waals surface area (Å²) in [6, 6.07) is 4.47. The number of methoxy groups -OCH3 is 1. The molecule has 0 saturated carbocycles. The average molecular weight is 476 g/mol. The fourth-order valence-corrected chi connectivity index (χ4v) is 3.37. The third-order valence-corrected chi connectivity index (χ3v) is 4.69. The van der Waals surface area contributed by atoms with Crippen LogP contribution >= 0.6 is 35.3 Å². The van der Waals surface area contributed by atoms with Crippen LogP contribution in [0.3, 0.4) is 0 Å². The van der Waals surface area contributed by atoms with E-state index in [0.717, 1.165) is 43.5 Å². The fourth-order valence-electron chi connectivity index (χ4n) is 2.74. The van der Waals surface area contributed by atoms with Gasteiger partial charge in [0.15, 0.2) is 11.8 Å². The maximum Gasteiger partial charge on any atom is 0.191 e. The highest BCUT2D eigenvalue weighted by Gasteiger charge is 2.22. The maximum absolute atomic E-state index is 5.11. The van der Waals surface area contributed by atoms with Crippen molar-refractivity contribution in [2.24, 2.45) is 4.99 Å². The molecule has 3 rings (SSSR count). The quantitative estimate of drug-likeness (QED) is 0.380. The second-order valence-electron chi connectivity index (χ2n) is 5.71. The van der Waals surface area contributed by atoms with Crippen molar-refractivity contribution >= 4 is 41.3 Å². The van der Waals surface area contributed by atoms with Crippen molar-refractivity contribution in [3.05, 3.63) is 34.0 Å². The van der Waals surface area contributed by atoms with E-state index in [0.29, 0.717) is 19.2 Å². The van der Waals surface area contributed by atoms with E-state index in [9.17, 15) is 0 Å². The summed E-state index contributed by atoms with van der Waals surface area (Å²) in [6.45, 7) is 4.88. The molecular formula is C16H25IN6OS. The van der Waals surface area contributed by atoms with E-state index in [1.54, 1.807) is 18.4 Å². The number of fused-ring (bicyclic) bond motifs is 1. The predicted molar refractivity (Wildman–Crippen MR) is 111 cm³/mol. The lowest BCUT2D eigenvalue weighted by Gasteiger charge is -2.25. The molecule has 0 fully saturated rings. The highest BCUT2D eigenvalue weighted by Crippen LogP contribution is 2.14. The van der Waals surface area contributed by atoms with Gasteiger partial charge in [0, 0.05) is 31.0 Å². The summed E-state index contributed by atoms with van der Waals surface area (Å²) in [5.41, 5.74) is 0. The summed E-state index contributed by atoms with van der Waals surface area (Å²) in [7, 11) is 1.66. The van der Waals surface area contributed by atoms with Crippen molar-refractivity contribution in [1.82, 2.24) is 25.4 Å². The Labute approximate surface area is 169 Å². The third-order valence-electron chi connectivity index (χ3n) is 3.83. The van der Waals surface area contributed by atoms with Gasteiger partial charge in [-0.3, -0.25) is 0 Å². The monoisotopic (exact) mass is 476 g/mol. The number of guanidine groups is 1. The van der Waals surface area contributed by atoms with Gasteiger partial charge in [-0.15, -0.1) is 35.3 Å². The van der Waals surface area contributed by atoms with E-state index < -0.39 is 0 Å². The number of aliphatic imine (C=N–C) groups is 1. The zero-order chi connectivity index (χ0) is 16.8. The Morgan fingerprint density at radius 2 is 2.40 bits per heavy atom. The molecule has 3 heterocycles. The molecule has 0 radical (unpaired) electrons. The first kappa shape index (κ1) is 20.1. The van der Waals surface area contributed by atoms with Gasteiger partial charge in [0.2, 0.25) is 0 Å². The summed E-state index contributed by atoms with van der Waals surface area (Å²) in [4.78, 5) is 10.5. The van der Waals surface area contributed by atoms with Crippen LogP contribution in [0.25, 0.3) is 0 Å². The highest BCUT2D eigenvalue weighted by molar-refractivity contribution is 14.0. The number of hydrogen-bond acceptors (Lipinski definition) is 5. The van der Waals surface area contributed by atoms with Crippen LogP contribution in [0.4, 0.5) is 0 Å². The van der Waals surface area contributed by atoms with Gasteiger partial charge >= 0.3 is 0 Å². The first-order chi connectivity index (χ1) is 11.8. The number of halogens is 1. The molecule has 0 aromatic carbocycles. The second kappa shape index (κ2) is 10.1. The summed E-state index contributed by atoms with van der Waals surface area (Å²) in [5.74, 6) is 2.66. The number of aryl methyl sites for hydroxylation is 1. The van der Waals surface area contributed by atoms with Gasteiger partial charge in [-0.2, -0.15) is 5.10 Å². The number of rotatable bonds is 6. The Balaban J connectivity index is 0.00000225. The molecular weight excluding hydrogens is 451 g/mol. The lowest BCUT2D eigenvalue weighted by molar-refractivity contribution is 0.177. The molecule has 2 N–H and O–H groups in total. The van der Waals surface area contributed by atoms with Gasteiger partial charge in [-0.25, -0.2) is 14.7 Å². The molecule has 9 heteroatoms. The average Bonchev–Trinajstić information content (AvgIpc) is 3.21. The van der Waals surface area contributed by atoms with Gasteiger partial charge in [-0.05, 0) is 24.8 Å². The topological polar surface area (TPSA) is 76.4 Å². The minimum Gasteiger partial charge on any atom is -0.377 e.